The van der Waals surface area contributed by atoms with Crippen molar-refractivity contribution in [2.45, 2.75) is 12.2 Å². The minimum atomic E-state index is 0.242. The van der Waals surface area contributed by atoms with E-state index in [1.54, 1.807) is 12.3 Å². The van der Waals surface area contributed by atoms with E-state index >= 15 is 0 Å². The van der Waals surface area contributed by atoms with Crippen molar-refractivity contribution in [3.8, 4) is 11.6 Å². The second-order valence-electron chi connectivity index (χ2n) is 3.86. The van der Waals surface area contributed by atoms with Gasteiger partial charge in [0.25, 0.3) is 0 Å². The summed E-state index contributed by atoms with van der Waals surface area (Å²) in [6.07, 6.45) is 2.18. The summed E-state index contributed by atoms with van der Waals surface area (Å²) in [6, 6.07) is 3.59. The molecular formula is C11H13NO4. The van der Waals surface area contributed by atoms with E-state index in [0.29, 0.717) is 19.1 Å². The number of aromatic nitrogens is 1. The maximum Gasteiger partial charge on any atom is 0.217 e. The van der Waals surface area contributed by atoms with Crippen LogP contribution >= 0.6 is 0 Å². The summed E-state index contributed by atoms with van der Waals surface area (Å²) in [7, 11) is 0. The van der Waals surface area contributed by atoms with E-state index in [2.05, 4.69) is 4.98 Å². The Morgan fingerprint density at radius 1 is 1.19 bits per heavy atom. The highest BCUT2D eigenvalue weighted by Crippen LogP contribution is 2.19. The van der Waals surface area contributed by atoms with Gasteiger partial charge in [-0.15, -0.1) is 0 Å². The molecule has 5 nitrogen and oxygen atoms in total. The minimum Gasteiger partial charge on any atom is -0.491 e. The van der Waals surface area contributed by atoms with E-state index in [4.69, 9.17) is 18.9 Å². The van der Waals surface area contributed by atoms with Gasteiger partial charge in [-0.1, -0.05) is 0 Å². The van der Waals surface area contributed by atoms with Crippen LogP contribution in [0.4, 0.5) is 0 Å². The molecule has 0 spiro atoms. The van der Waals surface area contributed by atoms with Crippen molar-refractivity contribution in [3.63, 3.8) is 0 Å². The molecule has 2 aliphatic heterocycles. The summed E-state index contributed by atoms with van der Waals surface area (Å²) in [5, 5.41) is 0. The molecule has 2 unspecified atom stereocenters. The summed E-state index contributed by atoms with van der Waals surface area (Å²) in [4.78, 5) is 4.09. The first kappa shape index (κ1) is 9.86. The van der Waals surface area contributed by atoms with Gasteiger partial charge in [-0.3, -0.25) is 0 Å². The Kier molecular flexibility index (Phi) is 2.63. The maximum absolute atomic E-state index is 5.52. The smallest absolute Gasteiger partial charge is 0.217 e. The largest absolute Gasteiger partial charge is 0.491 e. The van der Waals surface area contributed by atoms with Gasteiger partial charge in [0.15, 0.2) is 0 Å². The molecular weight excluding hydrogens is 210 g/mol. The highest BCUT2D eigenvalue weighted by Gasteiger charge is 2.24. The van der Waals surface area contributed by atoms with Crippen LogP contribution in [0.5, 0.6) is 11.6 Å². The van der Waals surface area contributed by atoms with Gasteiger partial charge in [0, 0.05) is 12.3 Å². The third-order valence-corrected chi connectivity index (χ3v) is 2.36. The Morgan fingerprint density at radius 2 is 1.88 bits per heavy atom. The molecule has 0 aromatic carbocycles. The van der Waals surface area contributed by atoms with Crippen molar-refractivity contribution >= 4 is 0 Å². The highest BCUT2D eigenvalue weighted by molar-refractivity contribution is 5.26. The number of hydrogen-bond acceptors (Lipinski definition) is 5. The molecule has 2 atom stereocenters. The predicted molar refractivity (Wildman–Crippen MR) is 54.7 cm³/mol. The van der Waals surface area contributed by atoms with Crippen LogP contribution in [0.15, 0.2) is 18.3 Å². The summed E-state index contributed by atoms with van der Waals surface area (Å²) >= 11 is 0. The lowest BCUT2D eigenvalue weighted by molar-refractivity contribution is 0.246. The van der Waals surface area contributed by atoms with Crippen LogP contribution < -0.4 is 9.47 Å². The van der Waals surface area contributed by atoms with Crippen molar-refractivity contribution in [1.29, 1.82) is 0 Å². The molecule has 5 heteroatoms. The van der Waals surface area contributed by atoms with E-state index in [1.165, 1.54) is 0 Å². The zero-order chi connectivity index (χ0) is 10.8. The maximum atomic E-state index is 5.52. The predicted octanol–water partition coefficient (Wildman–Crippen LogP) is 0.637. The number of hydrogen-bond donors (Lipinski definition) is 0. The molecule has 0 aliphatic carbocycles. The number of ether oxygens (including phenoxy) is 4. The second-order valence-corrected chi connectivity index (χ2v) is 3.86. The fourth-order valence-corrected chi connectivity index (χ4v) is 1.26. The molecule has 0 amide bonds. The molecule has 0 radical (unpaired) electrons. The fraction of sp³-hybridized carbons (Fsp3) is 0.545. The zero-order valence-corrected chi connectivity index (χ0v) is 8.80. The minimum absolute atomic E-state index is 0.242. The topological polar surface area (TPSA) is 56.4 Å². The number of nitrogens with zero attached hydrogens (tertiary/aromatic N) is 1. The Labute approximate surface area is 93.3 Å². The second kappa shape index (κ2) is 4.27. The van der Waals surface area contributed by atoms with E-state index in [1.807, 2.05) is 6.07 Å². The van der Waals surface area contributed by atoms with Crippen molar-refractivity contribution in [2.24, 2.45) is 0 Å². The van der Waals surface area contributed by atoms with E-state index in [9.17, 15) is 0 Å². The quantitative estimate of drug-likeness (QED) is 0.662. The van der Waals surface area contributed by atoms with Gasteiger partial charge in [-0.05, 0) is 6.07 Å². The first-order valence-corrected chi connectivity index (χ1v) is 5.35. The van der Waals surface area contributed by atoms with Crippen LogP contribution in [0, 0.1) is 0 Å². The van der Waals surface area contributed by atoms with Crippen LogP contribution in [-0.2, 0) is 9.47 Å². The number of rotatable bonds is 6. The molecule has 3 heterocycles. The van der Waals surface area contributed by atoms with E-state index in [0.717, 1.165) is 19.0 Å². The summed E-state index contributed by atoms with van der Waals surface area (Å²) in [5.74, 6) is 1.34. The lowest BCUT2D eigenvalue weighted by Gasteiger charge is -2.06. The molecule has 1 aromatic rings. The van der Waals surface area contributed by atoms with Gasteiger partial charge in [-0.25, -0.2) is 4.98 Å². The van der Waals surface area contributed by atoms with Gasteiger partial charge in [0.1, 0.15) is 31.2 Å². The molecule has 86 valence electrons. The number of pyridine rings is 1. The Balaban J connectivity index is 1.52. The van der Waals surface area contributed by atoms with E-state index in [-0.39, 0.29) is 12.2 Å². The van der Waals surface area contributed by atoms with Crippen molar-refractivity contribution < 1.29 is 18.9 Å². The van der Waals surface area contributed by atoms with Crippen LogP contribution in [0.2, 0.25) is 0 Å². The first-order valence-electron chi connectivity index (χ1n) is 5.35. The Bertz CT molecular complexity index is 332. The molecule has 2 aliphatic rings. The van der Waals surface area contributed by atoms with Crippen molar-refractivity contribution in [2.75, 3.05) is 26.4 Å². The van der Waals surface area contributed by atoms with Gasteiger partial charge in [-0.2, -0.15) is 0 Å². The molecule has 0 saturated carbocycles. The molecule has 3 rings (SSSR count). The molecule has 2 saturated heterocycles. The molecule has 1 aromatic heterocycles. The number of epoxide rings is 2. The van der Waals surface area contributed by atoms with Gasteiger partial charge >= 0.3 is 0 Å². The standard InChI is InChI=1S/C11H13NO4/c1-2-12-11(16-7-10-6-15-10)3-8(1)13-4-9-5-14-9/h1-3,9-10H,4-7H2. The summed E-state index contributed by atoms with van der Waals surface area (Å²) in [6.45, 7) is 2.74. The Hall–Kier alpha value is -1.33. The van der Waals surface area contributed by atoms with Crippen LogP contribution in [0.1, 0.15) is 0 Å². The average Bonchev–Trinajstić information content (AvgIpc) is 3.17. The first-order chi connectivity index (χ1) is 7.90. The Morgan fingerprint density at radius 3 is 2.56 bits per heavy atom. The van der Waals surface area contributed by atoms with Crippen molar-refractivity contribution in [3.05, 3.63) is 18.3 Å². The molecule has 2 fully saturated rings. The van der Waals surface area contributed by atoms with Gasteiger partial charge in [0.2, 0.25) is 5.88 Å². The lowest BCUT2D eigenvalue weighted by Crippen LogP contribution is -2.07. The third-order valence-electron chi connectivity index (χ3n) is 2.36. The van der Waals surface area contributed by atoms with Gasteiger partial charge < -0.3 is 18.9 Å². The van der Waals surface area contributed by atoms with Crippen LogP contribution in [-0.4, -0.2) is 43.6 Å². The average molecular weight is 223 g/mol. The van der Waals surface area contributed by atoms with Crippen molar-refractivity contribution in [1.82, 2.24) is 4.98 Å². The zero-order valence-electron chi connectivity index (χ0n) is 8.80. The third kappa shape index (κ3) is 2.84. The van der Waals surface area contributed by atoms with E-state index < -0.39 is 0 Å². The molecule has 0 bridgehead atoms. The lowest BCUT2D eigenvalue weighted by atomic mass is 10.4. The summed E-state index contributed by atoms with van der Waals surface area (Å²) < 4.78 is 21.1. The molecule has 16 heavy (non-hydrogen) atoms. The van der Waals surface area contributed by atoms with Gasteiger partial charge in [0.05, 0.1) is 13.2 Å². The highest BCUT2D eigenvalue weighted by atomic mass is 16.6. The summed E-state index contributed by atoms with van der Waals surface area (Å²) in [5.41, 5.74) is 0. The normalized spacial score (nSPS) is 26.2. The monoisotopic (exact) mass is 223 g/mol. The molecule has 0 N–H and O–H groups in total. The SMILES string of the molecule is c1cc(OCC2CO2)cc(OCC2CO2)n1. The van der Waals surface area contributed by atoms with Crippen LogP contribution in [0.3, 0.4) is 0 Å². The fourth-order valence-electron chi connectivity index (χ4n) is 1.26. The van der Waals surface area contributed by atoms with Crippen LogP contribution in [0.25, 0.3) is 0 Å².